The first-order valence-electron chi connectivity index (χ1n) is 9.03. The van der Waals surface area contributed by atoms with Gasteiger partial charge in [0.2, 0.25) is 5.91 Å². The SMILES string of the molecule is CCN(CC(=O)Nc1ccc(C)c(C)c1)CC1COc2ccccc2O1. The van der Waals surface area contributed by atoms with Gasteiger partial charge >= 0.3 is 0 Å². The summed E-state index contributed by atoms with van der Waals surface area (Å²) in [5, 5.41) is 2.97. The number of fused-ring (bicyclic) bond motifs is 1. The Labute approximate surface area is 154 Å². The van der Waals surface area contributed by atoms with Crippen molar-refractivity contribution in [3.63, 3.8) is 0 Å². The van der Waals surface area contributed by atoms with Crippen molar-refractivity contribution in [3.8, 4) is 11.5 Å². The van der Waals surface area contributed by atoms with Gasteiger partial charge < -0.3 is 14.8 Å². The molecule has 0 aliphatic carbocycles. The van der Waals surface area contributed by atoms with Crippen LogP contribution in [0.15, 0.2) is 42.5 Å². The van der Waals surface area contributed by atoms with Gasteiger partial charge in [0.25, 0.3) is 0 Å². The highest BCUT2D eigenvalue weighted by molar-refractivity contribution is 5.92. The number of rotatable bonds is 6. The van der Waals surface area contributed by atoms with Crippen LogP contribution in [0.3, 0.4) is 0 Å². The Morgan fingerprint density at radius 1 is 1.15 bits per heavy atom. The van der Waals surface area contributed by atoms with Crippen LogP contribution < -0.4 is 14.8 Å². The number of benzene rings is 2. The molecule has 3 rings (SSSR count). The van der Waals surface area contributed by atoms with Crippen LogP contribution in [0, 0.1) is 13.8 Å². The summed E-state index contributed by atoms with van der Waals surface area (Å²) in [5.74, 6) is 1.52. The van der Waals surface area contributed by atoms with E-state index in [4.69, 9.17) is 9.47 Å². The summed E-state index contributed by atoms with van der Waals surface area (Å²) >= 11 is 0. The van der Waals surface area contributed by atoms with Crippen molar-refractivity contribution in [3.05, 3.63) is 53.6 Å². The Morgan fingerprint density at radius 2 is 1.92 bits per heavy atom. The lowest BCUT2D eigenvalue weighted by molar-refractivity contribution is -0.117. The largest absolute Gasteiger partial charge is 0.486 e. The molecule has 138 valence electrons. The molecular weight excluding hydrogens is 328 g/mol. The number of amides is 1. The van der Waals surface area contributed by atoms with Crippen LogP contribution in [0.5, 0.6) is 11.5 Å². The second kappa shape index (κ2) is 8.23. The molecule has 1 aliphatic heterocycles. The predicted octanol–water partition coefficient (Wildman–Crippen LogP) is 3.40. The van der Waals surface area contributed by atoms with Gasteiger partial charge in [-0.05, 0) is 55.8 Å². The number of likely N-dealkylation sites (N-methyl/N-ethyl adjacent to an activating group) is 1. The average Bonchev–Trinajstić information content (AvgIpc) is 2.64. The summed E-state index contributed by atoms with van der Waals surface area (Å²) < 4.78 is 11.7. The number of carbonyl (C=O) groups excluding carboxylic acids is 1. The maximum atomic E-state index is 12.4. The van der Waals surface area contributed by atoms with E-state index in [-0.39, 0.29) is 12.0 Å². The standard InChI is InChI=1S/C21H26N2O3/c1-4-23(12-18-14-25-19-7-5-6-8-20(19)26-18)13-21(24)22-17-10-9-15(2)16(3)11-17/h5-11,18H,4,12-14H2,1-3H3,(H,22,24). The second-order valence-electron chi connectivity index (χ2n) is 6.67. The van der Waals surface area contributed by atoms with Crippen LogP contribution in [0.4, 0.5) is 5.69 Å². The number of carbonyl (C=O) groups is 1. The topological polar surface area (TPSA) is 50.8 Å². The maximum Gasteiger partial charge on any atom is 0.238 e. The minimum Gasteiger partial charge on any atom is -0.486 e. The van der Waals surface area contributed by atoms with Gasteiger partial charge in [-0.2, -0.15) is 0 Å². The lowest BCUT2D eigenvalue weighted by atomic mass is 10.1. The van der Waals surface area contributed by atoms with Gasteiger partial charge in [-0.3, -0.25) is 9.69 Å². The van der Waals surface area contributed by atoms with E-state index in [1.165, 1.54) is 11.1 Å². The second-order valence-corrected chi connectivity index (χ2v) is 6.67. The molecule has 0 bridgehead atoms. The number of nitrogens with one attached hydrogen (secondary N) is 1. The van der Waals surface area contributed by atoms with Gasteiger partial charge in [-0.1, -0.05) is 25.1 Å². The Bertz CT molecular complexity index is 776. The van der Waals surface area contributed by atoms with Crippen molar-refractivity contribution in [2.24, 2.45) is 0 Å². The number of anilines is 1. The molecule has 0 fully saturated rings. The minimum absolute atomic E-state index is 0.0211. The van der Waals surface area contributed by atoms with Crippen LogP contribution in [-0.2, 0) is 4.79 Å². The van der Waals surface area contributed by atoms with Crippen molar-refractivity contribution in [1.82, 2.24) is 4.90 Å². The molecule has 2 aromatic carbocycles. The zero-order valence-electron chi connectivity index (χ0n) is 15.6. The van der Waals surface area contributed by atoms with E-state index in [0.29, 0.717) is 19.7 Å². The molecule has 5 heteroatoms. The summed E-state index contributed by atoms with van der Waals surface area (Å²) in [5.41, 5.74) is 3.22. The van der Waals surface area contributed by atoms with Gasteiger partial charge in [0, 0.05) is 12.2 Å². The predicted molar refractivity (Wildman–Crippen MR) is 103 cm³/mol. The normalized spacial score (nSPS) is 15.8. The Balaban J connectivity index is 1.54. The van der Waals surface area contributed by atoms with Gasteiger partial charge in [-0.25, -0.2) is 0 Å². The zero-order valence-corrected chi connectivity index (χ0v) is 15.6. The number of ether oxygens (including phenoxy) is 2. The first-order valence-corrected chi connectivity index (χ1v) is 9.03. The van der Waals surface area contributed by atoms with Gasteiger partial charge in [0.05, 0.1) is 6.54 Å². The summed E-state index contributed by atoms with van der Waals surface area (Å²) in [6, 6.07) is 13.6. The average molecular weight is 354 g/mol. The number of aryl methyl sites for hydroxylation is 2. The molecule has 1 N–H and O–H groups in total. The molecule has 26 heavy (non-hydrogen) atoms. The minimum atomic E-state index is -0.0840. The molecular formula is C21H26N2O3. The summed E-state index contributed by atoms with van der Waals surface area (Å²) in [4.78, 5) is 14.5. The molecule has 0 saturated carbocycles. The van der Waals surface area contributed by atoms with Crippen LogP contribution in [-0.4, -0.2) is 43.2 Å². The van der Waals surface area contributed by atoms with Crippen molar-refractivity contribution < 1.29 is 14.3 Å². The van der Waals surface area contributed by atoms with Crippen molar-refractivity contribution in [2.45, 2.75) is 26.9 Å². The van der Waals surface area contributed by atoms with E-state index in [0.717, 1.165) is 23.7 Å². The number of hydrogen-bond acceptors (Lipinski definition) is 4. The highest BCUT2D eigenvalue weighted by atomic mass is 16.6. The van der Waals surface area contributed by atoms with Crippen molar-refractivity contribution in [1.29, 1.82) is 0 Å². The fraction of sp³-hybridized carbons (Fsp3) is 0.381. The lowest BCUT2D eigenvalue weighted by Crippen LogP contribution is -2.43. The Morgan fingerprint density at radius 3 is 2.65 bits per heavy atom. The number of hydrogen-bond donors (Lipinski definition) is 1. The summed E-state index contributed by atoms with van der Waals surface area (Å²) in [6.07, 6.45) is -0.0840. The maximum absolute atomic E-state index is 12.4. The highest BCUT2D eigenvalue weighted by Crippen LogP contribution is 2.31. The van der Waals surface area contributed by atoms with Crippen molar-refractivity contribution in [2.75, 3.05) is 31.6 Å². The molecule has 0 aromatic heterocycles. The fourth-order valence-electron chi connectivity index (χ4n) is 2.97. The van der Waals surface area contributed by atoms with Crippen molar-refractivity contribution >= 4 is 11.6 Å². The first kappa shape index (κ1) is 18.3. The van der Waals surface area contributed by atoms with Gasteiger partial charge in [-0.15, -0.1) is 0 Å². The molecule has 1 heterocycles. The third-order valence-electron chi connectivity index (χ3n) is 4.63. The number of nitrogens with zero attached hydrogens (tertiary/aromatic N) is 1. The summed E-state index contributed by atoms with van der Waals surface area (Å²) in [6.45, 7) is 8.37. The van der Waals surface area contributed by atoms with E-state index < -0.39 is 0 Å². The van der Waals surface area contributed by atoms with E-state index in [1.54, 1.807) is 0 Å². The molecule has 0 spiro atoms. The van der Waals surface area contributed by atoms with Gasteiger partial charge in [0.1, 0.15) is 12.7 Å². The first-order chi connectivity index (χ1) is 12.5. The van der Waals surface area contributed by atoms with Crippen LogP contribution in [0.2, 0.25) is 0 Å². The van der Waals surface area contributed by atoms with Crippen LogP contribution >= 0.6 is 0 Å². The van der Waals surface area contributed by atoms with Crippen LogP contribution in [0.25, 0.3) is 0 Å². The third-order valence-corrected chi connectivity index (χ3v) is 4.63. The zero-order chi connectivity index (χ0) is 18.5. The van der Waals surface area contributed by atoms with E-state index >= 15 is 0 Å². The smallest absolute Gasteiger partial charge is 0.238 e. The molecule has 1 atom stereocenters. The number of para-hydroxylation sites is 2. The molecule has 2 aromatic rings. The Kier molecular flexibility index (Phi) is 5.78. The fourth-order valence-corrected chi connectivity index (χ4v) is 2.97. The van der Waals surface area contributed by atoms with Crippen LogP contribution in [0.1, 0.15) is 18.1 Å². The monoisotopic (exact) mass is 354 g/mol. The lowest BCUT2D eigenvalue weighted by Gasteiger charge is -2.30. The molecule has 1 amide bonds. The third kappa shape index (κ3) is 4.55. The highest BCUT2D eigenvalue weighted by Gasteiger charge is 2.23. The molecule has 1 aliphatic rings. The summed E-state index contributed by atoms with van der Waals surface area (Å²) in [7, 11) is 0. The molecule has 0 saturated heterocycles. The van der Waals surface area contributed by atoms with E-state index in [2.05, 4.69) is 17.1 Å². The molecule has 5 nitrogen and oxygen atoms in total. The Hall–Kier alpha value is -2.53. The van der Waals surface area contributed by atoms with E-state index in [1.807, 2.05) is 56.3 Å². The van der Waals surface area contributed by atoms with E-state index in [9.17, 15) is 4.79 Å². The quantitative estimate of drug-likeness (QED) is 0.864. The molecule has 0 radical (unpaired) electrons. The van der Waals surface area contributed by atoms with Gasteiger partial charge in [0.15, 0.2) is 11.5 Å². The molecule has 1 unspecified atom stereocenters.